The molecule has 1 saturated heterocycles. The Bertz CT molecular complexity index is 481. The molecule has 1 atom stereocenters. The number of aryl methyl sites for hydroxylation is 1. The molecule has 0 aliphatic carbocycles. The van der Waals surface area contributed by atoms with E-state index in [0.29, 0.717) is 11.4 Å². The Balaban J connectivity index is 2.38. The van der Waals surface area contributed by atoms with Gasteiger partial charge in [0.05, 0.1) is 11.8 Å². The minimum atomic E-state index is 0.155. The van der Waals surface area contributed by atoms with Crippen LogP contribution in [0, 0.1) is 25.2 Å². The highest BCUT2D eigenvalue weighted by Crippen LogP contribution is 2.22. The van der Waals surface area contributed by atoms with E-state index >= 15 is 0 Å². The molecular weight excluding hydrogens is 228 g/mol. The molecule has 0 radical (unpaired) electrons. The second-order valence-electron chi connectivity index (χ2n) is 4.70. The van der Waals surface area contributed by atoms with Crippen LogP contribution in [0.25, 0.3) is 0 Å². The van der Waals surface area contributed by atoms with Crippen LogP contribution in [0.3, 0.4) is 0 Å². The summed E-state index contributed by atoms with van der Waals surface area (Å²) in [6.07, 6.45) is 1.10. The van der Waals surface area contributed by atoms with Gasteiger partial charge in [-0.15, -0.1) is 5.10 Å². The van der Waals surface area contributed by atoms with Gasteiger partial charge >= 0.3 is 0 Å². The van der Waals surface area contributed by atoms with E-state index in [2.05, 4.69) is 21.2 Å². The molecule has 2 heterocycles. The van der Waals surface area contributed by atoms with Crippen LogP contribution in [0.1, 0.15) is 30.2 Å². The average Bonchev–Trinajstić information content (AvgIpc) is 2.57. The molecule has 1 aromatic heterocycles. The first-order valence-electron chi connectivity index (χ1n) is 6.24. The molecule has 2 rings (SSSR count). The van der Waals surface area contributed by atoms with Gasteiger partial charge in [-0.1, -0.05) is 0 Å². The zero-order valence-electron chi connectivity index (χ0n) is 11.1. The summed E-state index contributed by atoms with van der Waals surface area (Å²) in [6, 6.07) is 2.25. The predicted octanol–water partition coefficient (Wildman–Crippen LogP) is 1.58. The van der Waals surface area contributed by atoms with Crippen LogP contribution in [0.5, 0.6) is 0 Å². The molecule has 5 nitrogen and oxygen atoms in total. The SMILES string of the molecule is Cc1nnc(N2CCCOC(C)C2)c(C#N)c1C. The highest BCUT2D eigenvalue weighted by molar-refractivity contribution is 5.57. The number of aromatic nitrogens is 2. The van der Waals surface area contributed by atoms with Crippen molar-refractivity contribution < 1.29 is 4.74 Å². The van der Waals surface area contributed by atoms with E-state index in [1.54, 1.807) is 0 Å². The van der Waals surface area contributed by atoms with Gasteiger partial charge in [-0.05, 0) is 32.8 Å². The van der Waals surface area contributed by atoms with Gasteiger partial charge in [0.2, 0.25) is 0 Å². The topological polar surface area (TPSA) is 62.0 Å². The molecule has 5 heteroatoms. The predicted molar refractivity (Wildman–Crippen MR) is 68.5 cm³/mol. The summed E-state index contributed by atoms with van der Waals surface area (Å²) in [5.74, 6) is 0.693. The number of rotatable bonds is 1. The van der Waals surface area contributed by atoms with Crippen LogP contribution in [0.4, 0.5) is 5.82 Å². The lowest BCUT2D eigenvalue weighted by Gasteiger charge is -2.24. The van der Waals surface area contributed by atoms with Crippen molar-refractivity contribution in [3.8, 4) is 6.07 Å². The zero-order valence-corrected chi connectivity index (χ0v) is 11.1. The van der Waals surface area contributed by atoms with E-state index < -0.39 is 0 Å². The normalized spacial score (nSPS) is 20.3. The third kappa shape index (κ3) is 2.44. The minimum Gasteiger partial charge on any atom is -0.377 e. The number of anilines is 1. The minimum absolute atomic E-state index is 0.155. The van der Waals surface area contributed by atoms with Crippen LogP contribution < -0.4 is 4.90 Å². The molecule has 96 valence electrons. The maximum Gasteiger partial charge on any atom is 0.169 e. The summed E-state index contributed by atoms with van der Waals surface area (Å²) in [5, 5.41) is 17.7. The summed E-state index contributed by atoms with van der Waals surface area (Å²) in [4.78, 5) is 2.11. The average molecular weight is 246 g/mol. The molecule has 1 unspecified atom stereocenters. The first-order chi connectivity index (χ1) is 8.63. The first kappa shape index (κ1) is 12.8. The number of nitriles is 1. The Labute approximate surface area is 107 Å². The highest BCUT2D eigenvalue weighted by atomic mass is 16.5. The van der Waals surface area contributed by atoms with Gasteiger partial charge in [-0.25, -0.2) is 0 Å². The maximum absolute atomic E-state index is 9.31. The van der Waals surface area contributed by atoms with Crippen molar-refractivity contribution in [1.82, 2.24) is 10.2 Å². The second-order valence-corrected chi connectivity index (χ2v) is 4.70. The van der Waals surface area contributed by atoms with Crippen molar-refractivity contribution in [2.75, 3.05) is 24.6 Å². The molecule has 0 saturated carbocycles. The summed E-state index contributed by atoms with van der Waals surface area (Å²) in [5.41, 5.74) is 2.37. The smallest absolute Gasteiger partial charge is 0.169 e. The van der Waals surface area contributed by atoms with Crippen molar-refractivity contribution in [3.63, 3.8) is 0 Å². The van der Waals surface area contributed by atoms with Crippen molar-refractivity contribution in [3.05, 3.63) is 16.8 Å². The Kier molecular flexibility index (Phi) is 3.78. The number of ether oxygens (including phenoxy) is 1. The molecule has 1 fully saturated rings. The van der Waals surface area contributed by atoms with Crippen molar-refractivity contribution in [2.24, 2.45) is 0 Å². The largest absolute Gasteiger partial charge is 0.377 e. The number of nitrogens with zero attached hydrogens (tertiary/aromatic N) is 4. The first-order valence-corrected chi connectivity index (χ1v) is 6.24. The molecule has 0 spiro atoms. The molecule has 0 N–H and O–H groups in total. The van der Waals surface area contributed by atoms with Gasteiger partial charge < -0.3 is 9.64 Å². The van der Waals surface area contributed by atoms with Gasteiger partial charge in [0.1, 0.15) is 11.6 Å². The van der Waals surface area contributed by atoms with Crippen molar-refractivity contribution >= 4 is 5.82 Å². The molecule has 0 bridgehead atoms. The molecule has 1 aromatic rings. The fourth-order valence-corrected chi connectivity index (χ4v) is 2.14. The second kappa shape index (κ2) is 5.32. The lowest BCUT2D eigenvalue weighted by molar-refractivity contribution is 0.0820. The lowest BCUT2D eigenvalue weighted by Crippen LogP contribution is -2.32. The molecule has 18 heavy (non-hydrogen) atoms. The van der Waals surface area contributed by atoms with E-state index in [1.807, 2.05) is 20.8 Å². The molecule has 1 aliphatic rings. The summed E-state index contributed by atoms with van der Waals surface area (Å²) in [7, 11) is 0. The van der Waals surface area contributed by atoms with E-state index in [9.17, 15) is 5.26 Å². The van der Waals surface area contributed by atoms with Gasteiger partial charge in [0.25, 0.3) is 0 Å². The summed E-state index contributed by atoms with van der Waals surface area (Å²) in [6.45, 7) is 8.21. The molecule has 0 aromatic carbocycles. The fourth-order valence-electron chi connectivity index (χ4n) is 2.14. The Morgan fingerprint density at radius 2 is 2.17 bits per heavy atom. The number of hydrogen-bond acceptors (Lipinski definition) is 5. The van der Waals surface area contributed by atoms with Crippen molar-refractivity contribution in [1.29, 1.82) is 5.26 Å². The van der Waals surface area contributed by atoms with Crippen LogP contribution >= 0.6 is 0 Å². The van der Waals surface area contributed by atoms with Crippen LogP contribution in [0.2, 0.25) is 0 Å². The van der Waals surface area contributed by atoms with Gasteiger partial charge in [0, 0.05) is 19.7 Å². The standard InChI is InChI=1S/C13H18N4O/c1-9-8-17(5-4-6-18-9)13-12(7-14)10(2)11(3)15-16-13/h9H,4-6,8H2,1-3H3. The van der Waals surface area contributed by atoms with Crippen molar-refractivity contribution in [2.45, 2.75) is 33.3 Å². The fraction of sp³-hybridized carbons (Fsp3) is 0.615. The third-order valence-electron chi connectivity index (χ3n) is 3.30. The van der Waals surface area contributed by atoms with E-state index in [4.69, 9.17) is 4.74 Å². The van der Waals surface area contributed by atoms with Gasteiger partial charge in [-0.2, -0.15) is 10.4 Å². The zero-order chi connectivity index (χ0) is 13.1. The molecule has 1 aliphatic heterocycles. The monoisotopic (exact) mass is 246 g/mol. The van der Waals surface area contributed by atoms with Gasteiger partial charge in [-0.3, -0.25) is 0 Å². The van der Waals surface area contributed by atoms with E-state index in [0.717, 1.165) is 37.4 Å². The van der Waals surface area contributed by atoms with Gasteiger partial charge in [0.15, 0.2) is 5.82 Å². The Morgan fingerprint density at radius 3 is 2.89 bits per heavy atom. The van der Waals surface area contributed by atoms with Crippen LogP contribution in [0.15, 0.2) is 0 Å². The Morgan fingerprint density at radius 1 is 1.39 bits per heavy atom. The summed E-state index contributed by atoms with van der Waals surface area (Å²) < 4.78 is 5.61. The van der Waals surface area contributed by atoms with E-state index in [1.165, 1.54) is 0 Å². The third-order valence-corrected chi connectivity index (χ3v) is 3.30. The molecule has 0 amide bonds. The Hall–Kier alpha value is -1.67. The lowest BCUT2D eigenvalue weighted by atomic mass is 10.1. The van der Waals surface area contributed by atoms with Crippen LogP contribution in [-0.2, 0) is 4.74 Å². The highest BCUT2D eigenvalue weighted by Gasteiger charge is 2.21. The number of hydrogen-bond donors (Lipinski definition) is 0. The maximum atomic E-state index is 9.31. The van der Waals surface area contributed by atoms with E-state index in [-0.39, 0.29) is 6.10 Å². The van der Waals surface area contributed by atoms with Crippen LogP contribution in [-0.4, -0.2) is 36.0 Å². The quantitative estimate of drug-likeness (QED) is 0.753. The molecular formula is C13H18N4O. The summed E-state index contributed by atoms with van der Waals surface area (Å²) >= 11 is 0.